The third kappa shape index (κ3) is 6.46. The van der Waals surface area contributed by atoms with Crippen LogP contribution in [0.1, 0.15) is 37.5 Å². The van der Waals surface area contributed by atoms with E-state index in [1.807, 2.05) is 17.0 Å². The van der Waals surface area contributed by atoms with Crippen molar-refractivity contribution in [3.63, 3.8) is 0 Å². The van der Waals surface area contributed by atoms with Crippen LogP contribution in [0.2, 0.25) is 0 Å². The lowest BCUT2D eigenvalue weighted by molar-refractivity contribution is 0.0743. The van der Waals surface area contributed by atoms with Crippen LogP contribution in [-0.4, -0.2) is 99.1 Å². The highest BCUT2D eigenvalue weighted by Gasteiger charge is 2.26. The number of ether oxygens (including phenoxy) is 2. The minimum atomic E-state index is -0.310. The van der Waals surface area contributed by atoms with Crippen molar-refractivity contribution in [2.24, 2.45) is 0 Å². The van der Waals surface area contributed by atoms with Crippen LogP contribution in [0.4, 0.5) is 11.4 Å². The summed E-state index contributed by atoms with van der Waals surface area (Å²) in [6, 6.07) is 14.0. The van der Waals surface area contributed by atoms with Crippen molar-refractivity contribution in [3.05, 3.63) is 77.6 Å². The molecule has 0 aliphatic carbocycles. The summed E-state index contributed by atoms with van der Waals surface area (Å²) < 4.78 is 10.7. The first-order chi connectivity index (χ1) is 20.5. The van der Waals surface area contributed by atoms with Gasteiger partial charge in [-0.1, -0.05) is 0 Å². The molecule has 2 aliphatic rings. The SMILES string of the molecule is COc1ccc(C(=O)N2CCN(c3ccc(C(=O)N4CCCNCC4)cc3NC(=O)c3cccnc3)CC2)cc1OC. The first kappa shape index (κ1) is 28.9. The van der Waals surface area contributed by atoms with Crippen LogP contribution in [0.5, 0.6) is 11.5 Å². The molecular weight excluding hydrogens is 536 g/mol. The molecule has 3 aromatic rings. The van der Waals surface area contributed by atoms with Gasteiger partial charge in [-0.2, -0.15) is 0 Å². The molecule has 11 nitrogen and oxygen atoms in total. The zero-order chi connectivity index (χ0) is 29.5. The summed E-state index contributed by atoms with van der Waals surface area (Å²) in [6.45, 7) is 5.04. The fourth-order valence-corrected chi connectivity index (χ4v) is 5.27. The highest BCUT2D eigenvalue weighted by Crippen LogP contribution is 2.31. The summed E-state index contributed by atoms with van der Waals surface area (Å²) in [6.07, 6.45) is 4.01. The maximum Gasteiger partial charge on any atom is 0.257 e. The van der Waals surface area contributed by atoms with Crippen molar-refractivity contribution in [3.8, 4) is 11.5 Å². The van der Waals surface area contributed by atoms with Gasteiger partial charge < -0.3 is 34.8 Å². The van der Waals surface area contributed by atoms with Crippen LogP contribution in [0.15, 0.2) is 60.9 Å². The summed E-state index contributed by atoms with van der Waals surface area (Å²) in [5.41, 5.74) is 2.80. The van der Waals surface area contributed by atoms with Crippen LogP contribution < -0.4 is 25.0 Å². The second-order valence-corrected chi connectivity index (χ2v) is 10.2. The summed E-state index contributed by atoms with van der Waals surface area (Å²) in [4.78, 5) is 49.6. The molecule has 0 bridgehead atoms. The van der Waals surface area contributed by atoms with E-state index in [1.165, 1.54) is 6.20 Å². The maximum atomic E-state index is 13.4. The number of amides is 3. The van der Waals surface area contributed by atoms with E-state index in [4.69, 9.17) is 9.47 Å². The number of nitrogens with one attached hydrogen (secondary N) is 2. The van der Waals surface area contributed by atoms with Gasteiger partial charge in [0.15, 0.2) is 11.5 Å². The minimum absolute atomic E-state index is 0.0625. The number of hydrogen-bond donors (Lipinski definition) is 2. The van der Waals surface area contributed by atoms with Crippen molar-refractivity contribution >= 4 is 29.1 Å². The van der Waals surface area contributed by atoms with E-state index in [1.54, 1.807) is 61.7 Å². The Balaban J connectivity index is 1.35. The third-order valence-corrected chi connectivity index (χ3v) is 7.58. The molecule has 2 aromatic carbocycles. The molecule has 0 radical (unpaired) electrons. The Morgan fingerprint density at radius 3 is 2.21 bits per heavy atom. The van der Waals surface area contributed by atoms with E-state index in [2.05, 4.69) is 20.5 Å². The van der Waals surface area contributed by atoms with Gasteiger partial charge in [-0.05, 0) is 61.5 Å². The van der Waals surface area contributed by atoms with Crippen LogP contribution in [-0.2, 0) is 0 Å². The van der Waals surface area contributed by atoms with E-state index in [0.29, 0.717) is 73.1 Å². The van der Waals surface area contributed by atoms with Crippen molar-refractivity contribution < 1.29 is 23.9 Å². The molecule has 220 valence electrons. The molecule has 42 heavy (non-hydrogen) atoms. The number of carbonyl (C=O) groups excluding carboxylic acids is 3. The van der Waals surface area contributed by atoms with Crippen molar-refractivity contribution in [1.82, 2.24) is 20.1 Å². The third-order valence-electron chi connectivity index (χ3n) is 7.58. The summed E-state index contributed by atoms with van der Waals surface area (Å²) in [5, 5.41) is 6.33. The molecule has 0 spiro atoms. The average Bonchev–Trinajstić information content (AvgIpc) is 3.34. The van der Waals surface area contributed by atoms with E-state index in [-0.39, 0.29) is 17.7 Å². The standard InChI is InChI=1S/C31H36N6O5/c1-41-27-9-7-23(20-28(27)42-2)31(40)37-17-15-35(16-18-37)26-8-6-22(30(39)36-13-4-11-32-12-14-36)19-25(26)34-29(38)24-5-3-10-33-21-24/h3,5-10,19-21,32H,4,11-18H2,1-2H3,(H,34,38). The zero-order valence-electron chi connectivity index (χ0n) is 24.0. The molecule has 2 aliphatic heterocycles. The van der Waals surface area contributed by atoms with E-state index in [9.17, 15) is 14.4 Å². The number of pyridine rings is 1. The number of hydrogen-bond acceptors (Lipinski definition) is 8. The molecule has 0 atom stereocenters. The maximum absolute atomic E-state index is 13.4. The lowest BCUT2D eigenvalue weighted by Crippen LogP contribution is -2.49. The van der Waals surface area contributed by atoms with Crippen LogP contribution in [0, 0.1) is 0 Å². The second kappa shape index (κ2) is 13.3. The highest BCUT2D eigenvalue weighted by molar-refractivity contribution is 6.07. The molecule has 3 heterocycles. The van der Waals surface area contributed by atoms with E-state index < -0.39 is 0 Å². The number of carbonyl (C=O) groups is 3. The van der Waals surface area contributed by atoms with Crippen molar-refractivity contribution in [2.45, 2.75) is 6.42 Å². The van der Waals surface area contributed by atoms with Gasteiger partial charge in [0, 0.05) is 69.3 Å². The van der Waals surface area contributed by atoms with Crippen molar-refractivity contribution in [2.75, 3.05) is 76.8 Å². The van der Waals surface area contributed by atoms with E-state index in [0.717, 1.165) is 25.2 Å². The normalized spacial score (nSPS) is 15.5. The zero-order valence-corrected chi connectivity index (χ0v) is 24.0. The quantitative estimate of drug-likeness (QED) is 0.444. The Bertz CT molecular complexity index is 1420. The molecule has 2 N–H and O–H groups in total. The van der Waals surface area contributed by atoms with Crippen molar-refractivity contribution in [1.29, 1.82) is 0 Å². The largest absolute Gasteiger partial charge is 0.493 e. The summed E-state index contributed by atoms with van der Waals surface area (Å²) >= 11 is 0. The lowest BCUT2D eigenvalue weighted by atomic mass is 10.1. The van der Waals surface area contributed by atoms with Gasteiger partial charge in [0.1, 0.15) is 0 Å². The van der Waals surface area contributed by atoms with Crippen LogP contribution in [0.25, 0.3) is 0 Å². The smallest absolute Gasteiger partial charge is 0.257 e. The lowest BCUT2D eigenvalue weighted by Gasteiger charge is -2.37. The highest BCUT2D eigenvalue weighted by atomic mass is 16.5. The first-order valence-corrected chi connectivity index (χ1v) is 14.1. The van der Waals surface area contributed by atoms with Gasteiger partial charge in [-0.15, -0.1) is 0 Å². The Labute approximate surface area is 245 Å². The van der Waals surface area contributed by atoms with Gasteiger partial charge in [-0.3, -0.25) is 19.4 Å². The van der Waals surface area contributed by atoms with Gasteiger partial charge in [0.05, 0.1) is 31.2 Å². The van der Waals surface area contributed by atoms with Crippen LogP contribution >= 0.6 is 0 Å². The fraction of sp³-hybridized carbons (Fsp3) is 0.355. The molecule has 1 aromatic heterocycles. The van der Waals surface area contributed by atoms with Gasteiger partial charge in [0.25, 0.3) is 17.7 Å². The molecule has 0 unspecified atom stereocenters. The fourth-order valence-electron chi connectivity index (χ4n) is 5.27. The van der Waals surface area contributed by atoms with Gasteiger partial charge in [-0.25, -0.2) is 0 Å². The molecule has 2 saturated heterocycles. The molecular formula is C31H36N6O5. The predicted octanol–water partition coefficient (Wildman–Crippen LogP) is 2.75. The molecule has 0 saturated carbocycles. The second-order valence-electron chi connectivity index (χ2n) is 10.2. The first-order valence-electron chi connectivity index (χ1n) is 14.1. The number of nitrogens with zero attached hydrogens (tertiary/aromatic N) is 4. The number of anilines is 2. The average molecular weight is 573 g/mol. The predicted molar refractivity (Wildman–Crippen MR) is 160 cm³/mol. The summed E-state index contributed by atoms with van der Waals surface area (Å²) in [5.74, 6) is 0.604. The Morgan fingerprint density at radius 2 is 1.50 bits per heavy atom. The topological polar surface area (TPSA) is 116 Å². The number of methoxy groups -OCH3 is 2. The molecule has 11 heteroatoms. The molecule has 3 amide bonds. The minimum Gasteiger partial charge on any atom is -0.493 e. The monoisotopic (exact) mass is 572 g/mol. The van der Waals surface area contributed by atoms with Crippen LogP contribution in [0.3, 0.4) is 0 Å². The number of rotatable bonds is 7. The summed E-state index contributed by atoms with van der Waals surface area (Å²) in [7, 11) is 3.10. The molecule has 2 fully saturated rings. The Kier molecular flexibility index (Phi) is 9.18. The number of benzene rings is 2. The Hall–Kier alpha value is -4.64. The Morgan fingerprint density at radius 1 is 0.786 bits per heavy atom. The van der Waals surface area contributed by atoms with E-state index >= 15 is 0 Å². The number of aromatic nitrogens is 1. The number of piperazine rings is 1. The van der Waals surface area contributed by atoms with Gasteiger partial charge >= 0.3 is 0 Å². The molecule has 5 rings (SSSR count). The van der Waals surface area contributed by atoms with Gasteiger partial charge in [0.2, 0.25) is 0 Å².